The quantitative estimate of drug-likeness (QED) is 0.610. The second-order valence-corrected chi connectivity index (χ2v) is 5.94. The van der Waals surface area contributed by atoms with Gasteiger partial charge in [0.05, 0.1) is 0 Å². The highest BCUT2D eigenvalue weighted by atomic mass is 32.2. The zero-order chi connectivity index (χ0) is 11.5. The van der Waals surface area contributed by atoms with Gasteiger partial charge in [-0.15, -0.1) is 0 Å². The van der Waals surface area contributed by atoms with Crippen LogP contribution in [0.4, 0.5) is 0 Å². The standard InChI is InChI=1S/C8H20N4O2S/c1-11(2)15(13,14)10-7-8-6-9-4-5-12(8)3/h8-10H,4-7H2,1-3H3. The van der Waals surface area contributed by atoms with E-state index in [2.05, 4.69) is 14.9 Å². The van der Waals surface area contributed by atoms with Gasteiger partial charge < -0.3 is 5.32 Å². The molecule has 0 aromatic rings. The molecule has 0 aliphatic carbocycles. The molecule has 6 nitrogen and oxygen atoms in total. The average Bonchev–Trinajstić information content (AvgIpc) is 2.16. The average molecular weight is 236 g/mol. The maximum atomic E-state index is 11.5. The van der Waals surface area contributed by atoms with Gasteiger partial charge in [0.1, 0.15) is 0 Å². The molecule has 1 aliphatic rings. The van der Waals surface area contributed by atoms with Gasteiger partial charge in [0, 0.05) is 46.3 Å². The van der Waals surface area contributed by atoms with Gasteiger partial charge in [-0.2, -0.15) is 12.7 Å². The van der Waals surface area contributed by atoms with E-state index in [0.29, 0.717) is 6.54 Å². The van der Waals surface area contributed by atoms with E-state index in [1.54, 1.807) is 0 Å². The first-order chi connectivity index (χ1) is 6.93. The van der Waals surface area contributed by atoms with Crippen molar-refractivity contribution in [3.8, 4) is 0 Å². The number of hydrogen-bond acceptors (Lipinski definition) is 4. The summed E-state index contributed by atoms with van der Waals surface area (Å²) in [6.45, 7) is 3.19. The molecule has 0 radical (unpaired) electrons. The van der Waals surface area contributed by atoms with E-state index >= 15 is 0 Å². The summed E-state index contributed by atoms with van der Waals surface area (Å²) in [5.41, 5.74) is 0. The molecule has 15 heavy (non-hydrogen) atoms. The van der Waals surface area contributed by atoms with Crippen molar-refractivity contribution in [3.05, 3.63) is 0 Å². The molecule has 1 rings (SSSR count). The van der Waals surface area contributed by atoms with Gasteiger partial charge >= 0.3 is 0 Å². The van der Waals surface area contributed by atoms with E-state index in [4.69, 9.17) is 0 Å². The number of likely N-dealkylation sites (N-methyl/N-ethyl adjacent to an activating group) is 1. The zero-order valence-corrected chi connectivity index (χ0v) is 10.3. The summed E-state index contributed by atoms with van der Waals surface area (Å²) in [6.07, 6.45) is 0. The Kier molecular flexibility index (Phi) is 4.47. The normalized spacial score (nSPS) is 24.7. The van der Waals surface area contributed by atoms with Crippen LogP contribution < -0.4 is 10.0 Å². The largest absolute Gasteiger partial charge is 0.314 e. The van der Waals surface area contributed by atoms with Crippen LogP contribution in [0.2, 0.25) is 0 Å². The van der Waals surface area contributed by atoms with Gasteiger partial charge in [0.25, 0.3) is 10.2 Å². The maximum Gasteiger partial charge on any atom is 0.278 e. The van der Waals surface area contributed by atoms with Gasteiger partial charge in [0.15, 0.2) is 0 Å². The number of hydrogen-bond donors (Lipinski definition) is 2. The Morgan fingerprint density at radius 3 is 2.73 bits per heavy atom. The van der Waals surface area contributed by atoms with Crippen molar-refractivity contribution in [3.63, 3.8) is 0 Å². The summed E-state index contributed by atoms with van der Waals surface area (Å²) < 4.78 is 26.7. The highest BCUT2D eigenvalue weighted by Gasteiger charge is 2.21. The van der Waals surface area contributed by atoms with Crippen LogP contribution in [-0.2, 0) is 10.2 Å². The minimum atomic E-state index is -3.29. The molecule has 1 heterocycles. The van der Waals surface area contributed by atoms with Crippen LogP contribution in [0.15, 0.2) is 0 Å². The lowest BCUT2D eigenvalue weighted by Gasteiger charge is -2.33. The number of piperazine rings is 1. The number of nitrogens with zero attached hydrogens (tertiary/aromatic N) is 2. The van der Waals surface area contributed by atoms with Crippen LogP contribution in [0.3, 0.4) is 0 Å². The minimum absolute atomic E-state index is 0.230. The van der Waals surface area contributed by atoms with Gasteiger partial charge in [-0.25, -0.2) is 4.72 Å². The predicted molar refractivity (Wildman–Crippen MR) is 59.9 cm³/mol. The second kappa shape index (κ2) is 5.22. The summed E-state index contributed by atoms with van der Waals surface area (Å²) in [5, 5.41) is 3.24. The molecule has 2 N–H and O–H groups in total. The Balaban J connectivity index is 2.42. The molecule has 0 saturated carbocycles. The first-order valence-corrected chi connectivity index (χ1v) is 6.45. The highest BCUT2D eigenvalue weighted by molar-refractivity contribution is 7.87. The predicted octanol–water partition coefficient (Wildman–Crippen LogP) is -1.71. The molecule has 0 aromatic heterocycles. The molecular formula is C8H20N4O2S. The first kappa shape index (κ1) is 12.9. The smallest absolute Gasteiger partial charge is 0.278 e. The van der Waals surface area contributed by atoms with Crippen molar-refractivity contribution in [1.29, 1.82) is 0 Å². The second-order valence-electron chi connectivity index (χ2n) is 3.97. The minimum Gasteiger partial charge on any atom is -0.314 e. The zero-order valence-electron chi connectivity index (χ0n) is 9.52. The molecule has 1 fully saturated rings. The molecule has 1 saturated heterocycles. The molecule has 0 aromatic carbocycles. The molecular weight excluding hydrogens is 216 g/mol. The fourth-order valence-corrected chi connectivity index (χ4v) is 2.08. The van der Waals surface area contributed by atoms with E-state index in [1.807, 2.05) is 7.05 Å². The van der Waals surface area contributed by atoms with Crippen molar-refractivity contribution in [2.24, 2.45) is 0 Å². The Hall–Kier alpha value is -0.210. The van der Waals surface area contributed by atoms with E-state index < -0.39 is 10.2 Å². The molecule has 1 unspecified atom stereocenters. The Labute approximate surface area is 91.8 Å². The lowest BCUT2D eigenvalue weighted by molar-refractivity contribution is 0.201. The number of rotatable bonds is 4. The number of nitrogens with one attached hydrogen (secondary N) is 2. The van der Waals surface area contributed by atoms with Crippen molar-refractivity contribution in [2.45, 2.75) is 6.04 Å². The van der Waals surface area contributed by atoms with Crippen LogP contribution in [0.25, 0.3) is 0 Å². The third-order valence-corrected chi connectivity index (χ3v) is 4.12. The van der Waals surface area contributed by atoms with Gasteiger partial charge in [-0.1, -0.05) is 0 Å². The van der Waals surface area contributed by atoms with Crippen molar-refractivity contribution in [2.75, 3.05) is 47.3 Å². The van der Waals surface area contributed by atoms with E-state index in [1.165, 1.54) is 18.4 Å². The Bertz CT molecular complexity index is 291. The van der Waals surface area contributed by atoms with E-state index in [0.717, 1.165) is 19.6 Å². The Morgan fingerprint density at radius 2 is 2.20 bits per heavy atom. The van der Waals surface area contributed by atoms with Crippen molar-refractivity contribution < 1.29 is 8.42 Å². The summed E-state index contributed by atoms with van der Waals surface area (Å²) in [5.74, 6) is 0. The maximum absolute atomic E-state index is 11.5. The van der Waals surface area contributed by atoms with Crippen LogP contribution >= 0.6 is 0 Å². The molecule has 0 bridgehead atoms. The fraction of sp³-hybridized carbons (Fsp3) is 1.00. The highest BCUT2D eigenvalue weighted by Crippen LogP contribution is 1.99. The first-order valence-electron chi connectivity index (χ1n) is 5.01. The van der Waals surface area contributed by atoms with E-state index in [9.17, 15) is 8.42 Å². The van der Waals surface area contributed by atoms with Crippen molar-refractivity contribution in [1.82, 2.24) is 19.2 Å². The summed E-state index contributed by atoms with van der Waals surface area (Å²) in [7, 11) is 1.76. The third kappa shape index (κ3) is 3.69. The SMILES string of the molecule is CN1CCNCC1CNS(=O)(=O)N(C)C. The lowest BCUT2D eigenvalue weighted by Crippen LogP contribution is -2.54. The fourth-order valence-electron chi connectivity index (χ4n) is 1.42. The van der Waals surface area contributed by atoms with Crippen LogP contribution in [-0.4, -0.2) is 71.0 Å². The molecule has 0 spiro atoms. The molecule has 0 amide bonds. The van der Waals surface area contributed by atoms with Crippen LogP contribution in [0.1, 0.15) is 0 Å². The molecule has 7 heteroatoms. The summed E-state index contributed by atoms with van der Waals surface area (Å²) in [6, 6.07) is 0.230. The monoisotopic (exact) mass is 236 g/mol. The van der Waals surface area contributed by atoms with Crippen molar-refractivity contribution >= 4 is 10.2 Å². The van der Waals surface area contributed by atoms with E-state index in [-0.39, 0.29) is 6.04 Å². The van der Waals surface area contributed by atoms with Crippen LogP contribution in [0.5, 0.6) is 0 Å². The summed E-state index contributed by atoms with van der Waals surface area (Å²) in [4.78, 5) is 2.16. The molecule has 1 atom stereocenters. The summed E-state index contributed by atoms with van der Waals surface area (Å²) >= 11 is 0. The topological polar surface area (TPSA) is 64.7 Å². The van der Waals surface area contributed by atoms with Gasteiger partial charge in [-0.05, 0) is 7.05 Å². The molecule has 90 valence electrons. The molecule has 1 aliphatic heterocycles. The van der Waals surface area contributed by atoms with Crippen LogP contribution in [0, 0.1) is 0 Å². The third-order valence-electron chi connectivity index (χ3n) is 2.63. The van der Waals surface area contributed by atoms with Gasteiger partial charge in [0.2, 0.25) is 0 Å². The van der Waals surface area contributed by atoms with Gasteiger partial charge in [-0.3, -0.25) is 4.90 Å². The Morgan fingerprint density at radius 1 is 1.53 bits per heavy atom. The lowest BCUT2D eigenvalue weighted by atomic mass is 10.2.